The van der Waals surface area contributed by atoms with E-state index in [-0.39, 0.29) is 24.1 Å². The largest absolute Gasteiger partial charge is 0.335 e. The molecule has 144 valence electrons. The summed E-state index contributed by atoms with van der Waals surface area (Å²) in [6.07, 6.45) is 0.936. The van der Waals surface area contributed by atoms with Crippen LogP contribution in [0.1, 0.15) is 35.5 Å². The second-order valence-electron chi connectivity index (χ2n) is 6.78. The van der Waals surface area contributed by atoms with Crippen LogP contribution >= 0.6 is 0 Å². The Hall–Kier alpha value is -3.21. The van der Waals surface area contributed by atoms with E-state index >= 15 is 0 Å². The molecule has 0 bridgehead atoms. The maximum Gasteiger partial charge on any atom is 0.244 e. The van der Waals surface area contributed by atoms with Gasteiger partial charge in [-0.25, -0.2) is 4.39 Å². The minimum Gasteiger partial charge on any atom is -0.335 e. The van der Waals surface area contributed by atoms with Gasteiger partial charge in [-0.05, 0) is 73.9 Å². The number of benzene rings is 2. The van der Waals surface area contributed by atoms with Crippen LogP contribution in [0.15, 0.2) is 54.6 Å². The molecule has 28 heavy (non-hydrogen) atoms. The van der Waals surface area contributed by atoms with E-state index in [0.29, 0.717) is 17.0 Å². The molecule has 0 saturated carbocycles. The number of carbonyl (C=O) groups excluding carboxylic acids is 2. The zero-order valence-corrected chi connectivity index (χ0v) is 16.3. The lowest BCUT2D eigenvalue weighted by Gasteiger charge is -2.13. The van der Waals surface area contributed by atoms with E-state index in [1.54, 1.807) is 22.8 Å². The van der Waals surface area contributed by atoms with Crippen LogP contribution in [0.5, 0.6) is 0 Å². The van der Waals surface area contributed by atoms with Crippen LogP contribution in [-0.4, -0.2) is 16.3 Å². The quantitative estimate of drug-likeness (QED) is 0.613. The summed E-state index contributed by atoms with van der Waals surface area (Å²) in [7, 11) is 0. The Labute approximate surface area is 164 Å². The summed E-state index contributed by atoms with van der Waals surface area (Å²) >= 11 is 0. The summed E-state index contributed by atoms with van der Waals surface area (Å²) in [6, 6.07) is 15.5. The van der Waals surface area contributed by atoms with Crippen molar-refractivity contribution in [2.45, 2.75) is 33.7 Å². The van der Waals surface area contributed by atoms with Crippen molar-refractivity contribution in [1.82, 2.24) is 4.57 Å². The van der Waals surface area contributed by atoms with Gasteiger partial charge in [0.25, 0.3) is 0 Å². The van der Waals surface area contributed by atoms with Gasteiger partial charge in [-0.1, -0.05) is 19.1 Å². The van der Waals surface area contributed by atoms with E-state index in [0.717, 1.165) is 17.7 Å². The Kier molecular flexibility index (Phi) is 5.73. The van der Waals surface area contributed by atoms with Crippen molar-refractivity contribution in [2.75, 3.05) is 5.32 Å². The lowest BCUT2D eigenvalue weighted by molar-refractivity contribution is -0.116. The SMILES string of the molecule is CCc1ccc(NC(=O)Cn2c(-c3ccc(F)cc3)cc(C(C)=O)c2C)cc1. The van der Waals surface area contributed by atoms with Gasteiger partial charge in [-0.15, -0.1) is 0 Å². The fourth-order valence-electron chi connectivity index (χ4n) is 3.23. The van der Waals surface area contributed by atoms with E-state index in [1.165, 1.54) is 24.6 Å². The molecule has 0 unspecified atom stereocenters. The number of anilines is 1. The standard InChI is InChI=1S/C23H23FN2O2/c1-4-17-5-11-20(12-6-17)25-23(28)14-26-15(2)21(16(3)27)13-22(26)18-7-9-19(24)10-8-18/h5-13H,4,14H2,1-3H3,(H,25,28). The van der Waals surface area contributed by atoms with Crippen molar-refractivity contribution in [3.63, 3.8) is 0 Å². The smallest absolute Gasteiger partial charge is 0.244 e. The van der Waals surface area contributed by atoms with Gasteiger partial charge in [-0.2, -0.15) is 0 Å². The number of rotatable bonds is 6. The van der Waals surface area contributed by atoms with E-state index in [4.69, 9.17) is 0 Å². The van der Waals surface area contributed by atoms with Gasteiger partial charge in [0.1, 0.15) is 12.4 Å². The molecule has 1 heterocycles. The van der Waals surface area contributed by atoms with E-state index < -0.39 is 0 Å². The number of aryl methyl sites for hydroxylation is 1. The molecule has 0 aliphatic heterocycles. The van der Waals surface area contributed by atoms with Crippen LogP contribution in [-0.2, 0) is 17.8 Å². The normalized spacial score (nSPS) is 10.7. The van der Waals surface area contributed by atoms with Gasteiger partial charge < -0.3 is 9.88 Å². The molecule has 1 N–H and O–H groups in total. The number of Topliss-reactive ketones (excluding diaryl/α,β-unsaturated/α-hetero) is 1. The maximum atomic E-state index is 13.3. The highest BCUT2D eigenvalue weighted by Crippen LogP contribution is 2.27. The van der Waals surface area contributed by atoms with Crippen molar-refractivity contribution < 1.29 is 14.0 Å². The lowest BCUT2D eigenvalue weighted by Crippen LogP contribution is -2.20. The summed E-state index contributed by atoms with van der Waals surface area (Å²) in [6.45, 7) is 5.44. The molecule has 4 nitrogen and oxygen atoms in total. The number of nitrogens with zero attached hydrogens (tertiary/aromatic N) is 1. The van der Waals surface area contributed by atoms with Gasteiger partial charge in [0.2, 0.25) is 5.91 Å². The van der Waals surface area contributed by atoms with Crippen molar-refractivity contribution in [1.29, 1.82) is 0 Å². The highest BCUT2D eigenvalue weighted by atomic mass is 19.1. The van der Waals surface area contributed by atoms with Crippen molar-refractivity contribution in [3.8, 4) is 11.3 Å². The van der Waals surface area contributed by atoms with Gasteiger partial charge in [0, 0.05) is 22.6 Å². The van der Waals surface area contributed by atoms with Crippen LogP contribution in [0, 0.1) is 12.7 Å². The molecule has 0 fully saturated rings. The molecule has 0 atom stereocenters. The average Bonchev–Trinajstić information content (AvgIpc) is 2.99. The molecular weight excluding hydrogens is 355 g/mol. The van der Waals surface area contributed by atoms with Crippen molar-refractivity contribution >= 4 is 17.4 Å². The second kappa shape index (κ2) is 8.21. The number of hydrogen-bond donors (Lipinski definition) is 1. The third-order valence-electron chi connectivity index (χ3n) is 4.83. The molecule has 0 spiro atoms. The molecule has 1 aromatic heterocycles. The van der Waals surface area contributed by atoms with Gasteiger partial charge >= 0.3 is 0 Å². The predicted octanol–water partition coefficient (Wildman–Crippen LogP) is 5.01. The summed E-state index contributed by atoms with van der Waals surface area (Å²) in [5.74, 6) is -0.602. The molecule has 0 radical (unpaired) electrons. The predicted molar refractivity (Wildman–Crippen MR) is 109 cm³/mol. The Morgan fingerprint density at radius 1 is 1.04 bits per heavy atom. The topological polar surface area (TPSA) is 51.1 Å². The summed E-state index contributed by atoms with van der Waals surface area (Å²) in [4.78, 5) is 24.6. The molecule has 3 rings (SSSR count). The third kappa shape index (κ3) is 4.19. The number of ketones is 1. The minimum atomic E-state index is -0.335. The van der Waals surface area contributed by atoms with E-state index in [9.17, 15) is 14.0 Å². The van der Waals surface area contributed by atoms with Crippen molar-refractivity contribution in [2.24, 2.45) is 0 Å². The minimum absolute atomic E-state index is 0.0569. The number of aromatic nitrogens is 1. The first-order valence-corrected chi connectivity index (χ1v) is 9.24. The van der Waals surface area contributed by atoms with Gasteiger partial charge in [0.15, 0.2) is 5.78 Å². The van der Waals surface area contributed by atoms with Crippen LogP contribution in [0.3, 0.4) is 0 Å². The number of nitrogens with one attached hydrogen (secondary N) is 1. The summed E-state index contributed by atoms with van der Waals surface area (Å²) in [5, 5.41) is 2.89. The first kappa shape index (κ1) is 19.5. The average molecular weight is 378 g/mol. The highest BCUT2D eigenvalue weighted by Gasteiger charge is 2.18. The van der Waals surface area contributed by atoms with Gasteiger partial charge in [-0.3, -0.25) is 9.59 Å². The highest BCUT2D eigenvalue weighted by molar-refractivity contribution is 5.97. The Balaban J connectivity index is 1.89. The molecule has 3 aromatic rings. The molecule has 2 aromatic carbocycles. The molecule has 0 aliphatic carbocycles. The zero-order chi connectivity index (χ0) is 20.3. The van der Waals surface area contributed by atoms with Crippen LogP contribution in [0.2, 0.25) is 0 Å². The molecule has 0 aliphatic rings. The van der Waals surface area contributed by atoms with Crippen LogP contribution in [0.25, 0.3) is 11.3 Å². The monoisotopic (exact) mass is 378 g/mol. The Morgan fingerprint density at radius 3 is 2.25 bits per heavy atom. The number of hydrogen-bond acceptors (Lipinski definition) is 2. The summed E-state index contributed by atoms with van der Waals surface area (Å²) in [5.41, 5.74) is 4.64. The molecular formula is C23H23FN2O2. The molecule has 0 saturated heterocycles. The third-order valence-corrected chi connectivity index (χ3v) is 4.83. The van der Waals surface area contributed by atoms with E-state index in [1.807, 2.05) is 31.2 Å². The fourth-order valence-corrected chi connectivity index (χ4v) is 3.23. The van der Waals surface area contributed by atoms with Gasteiger partial charge in [0.05, 0.1) is 0 Å². The lowest BCUT2D eigenvalue weighted by atomic mass is 10.1. The van der Waals surface area contributed by atoms with E-state index in [2.05, 4.69) is 12.2 Å². The number of amides is 1. The Bertz CT molecular complexity index is 1000. The summed E-state index contributed by atoms with van der Waals surface area (Å²) < 4.78 is 15.1. The van der Waals surface area contributed by atoms with Crippen LogP contribution in [0.4, 0.5) is 10.1 Å². The molecule has 1 amide bonds. The Morgan fingerprint density at radius 2 is 1.68 bits per heavy atom. The molecule has 5 heteroatoms. The maximum absolute atomic E-state index is 13.3. The van der Waals surface area contributed by atoms with Crippen molar-refractivity contribution in [3.05, 3.63) is 77.2 Å². The number of halogens is 1. The van der Waals surface area contributed by atoms with Crippen LogP contribution < -0.4 is 5.32 Å². The first-order valence-electron chi connectivity index (χ1n) is 9.24. The second-order valence-corrected chi connectivity index (χ2v) is 6.78. The zero-order valence-electron chi connectivity index (χ0n) is 16.3. The number of carbonyl (C=O) groups is 2. The first-order chi connectivity index (χ1) is 13.4. The fraction of sp³-hybridized carbons (Fsp3) is 0.217.